The Morgan fingerprint density at radius 1 is 1.19 bits per heavy atom. The van der Waals surface area contributed by atoms with Gasteiger partial charge in [0.2, 0.25) is 0 Å². The fourth-order valence-electron chi connectivity index (χ4n) is 3.06. The fraction of sp³-hybridized carbons (Fsp3) is 0.421. The van der Waals surface area contributed by atoms with Gasteiger partial charge in [-0.2, -0.15) is 5.10 Å². The van der Waals surface area contributed by atoms with Gasteiger partial charge in [0.15, 0.2) is 11.0 Å². The highest BCUT2D eigenvalue weighted by atomic mass is 35.5. The first-order valence-corrected chi connectivity index (χ1v) is 9.29. The zero-order chi connectivity index (χ0) is 18.2. The summed E-state index contributed by atoms with van der Waals surface area (Å²) < 4.78 is 5.88. The van der Waals surface area contributed by atoms with Crippen LogP contribution in [0.1, 0.15) is 24.8 Å². The molecule has 1 aliphatic heterocycles. The van der Waals surface area contributed by atoms with E-state index in [1.54, 1.807) is 19.3 Å². The average molecular weight is 374 g/mol. The molecule has 0 unspecified atom stereocenters. The highest BCUT2D eigenvalue weighted by molar-refractivity contribution is 6.29. The third kappa shape index (κ3) is 5.33. The van der Waals surface area contributed by atoms with E-state index in [0.29, 0.717) is 11.1 Å². The number of nitrogens with zero attached hydrogens (tertiary/aromatic N) is 4. The summed E-state index contributed by atoms with van der Waals surface area (Å²) in [5, 5.41) is 12.5. The molecule has 2 heterocycles. The molecule has 1 aliphatic rings. The molecule has 1 fully saturated rings. The smallest absolute Gasteiger partial charge is 0.151 e. The van der Waals surface area contributed by atoms with Crippen LogP contribution in [0.25, 0.3) is 0 Å². The maximum Gasteiger partial charge on any atom is 0.151 e. The summed E-state index contributed by atoms with van der Waals surface area (Å²) in [5.74, 6) is 2.50. The number of hydrogen-bond acceptors (Lipinski definition) is 6. The standard InChI is InChI=1S/C19H24ClN5O/c1-21-22-14-16-2-4-17(5-3-16)26-13-10-15-8-11-25(12-9-15)19-7-6-18(20)23-24-19/h2-7,14-15,21H,8-13H2,1H3/b22-14-. The van der Waals surface area contributed by atoms with E-state index in [4.69, 9.17) is 16.3 Å². The van der Waals surface area contributed by atoms with E-state index in [2.05, 4.69) is 25.6 Å². The van der Waals surface area contributed by atoms with Crippen LogP contribution in [0.5, 0.6) is 5.75 Å². The number of rotatable bonds is 7. The molecule has 0 spiro atoms. The molecule has 1 N–H and O–H groups in total. The zero-order valence-corrected chi connectivity index (χ0v) is 15.7. The predicted octanol–water partition coefficient (Wildman–Crippen LogP) is 3.37. The van der Waals surface area contributed by atoms with E-state index >= 15 is 0 Å². The number of anilines is 1. The topological polar surface area (TPSA) is 62.6 Å². The van der Waals surface area contributed by atoms with Crippen LogP contribution in [0.3, 0.4) is 0 Å². The van der Waals surface area contributed by atoms with Crippen molar-refractivity contribution >= 4 is 23.6 Å². The Bertz CT molecular complexity index is 697. The Kier molecular flexibility index (Phi) is 6.66. The molecule has 1 aromatic heterocycles. The van der Waals surface area contributed by atoms with Crippen molar-refractivity contribution in [3.05, 3.63) is 47.1 Å². The van der Waals surface area contributed by atoms with Crippen molar-refractivity contribution in [1.82, 2.24) is 15.6 Å². The van der Waals surface area contributed by atoms with Gasteiger partial charge in [-0.3, -0.25) is 0 Å². The number of aromatic nitrogens is 2. The highest BCUT2D eigenvalue weighted by Gasteiger charge is 2.20. The number of halogens is 1. The van der Waals surface area contributed by atoms with Crippen molar-refractivity contribution in [2.24, 2.45) is 11.0 Å². The summed E-state index contributed by atoms with van der Waals surface area (Å²) in [5.41, 5.74) is 3.78. The minimum atomic E-state index is 0.433. The van der Waals surface area contributed by atoms with Crippen LogP contribution >= 0.6 is 11.6 Å². The lowest BCUT2D eigenvalue weighted by Crippen LogP contribution is -2.34. The molecule has 0 atom stereocenters. The van der Waals surface area contributed by atoms with Gasteiger partial charge in [-0.1, -0.05) is 11.6 Å². The van der Waals surface area contributed by atoms with Crippen molar-refractivity contribution < 1.29 is 4.74 Å². The fourth-order valence-corrected chi connectivity index (χ4v) is 3.16. The van der Waals surface area contributed by atoms with Crippen LogP contribution < -0.4 is 15.1 Å². The van der Waals surface area contributed by atoms with Gasteiger partial charge < -0.3 is 15.1 Å². The molecule has 0 aliphatic carbocycles. The molecule has 1 aromatic carbocycles. The Balaban J connectivity index is 1.38. The molecule has 7 heteroatoms. The van der Waals surface area contributed by atoms with E-state index in [9.17, 15) is 0 Å². The maximum absolute atomic E-state index is 5.88. The van der Waals surface area contributed by atoms with Gasteiger partial charge in [0.05, 0.1) is 12.8 Å². The Hall–Kier alpha value is -2.34. The summed E-state index contributed by atoms with van der Waals surface area (Å²) in [6.07, 6.45) is 5.14. The van der Waals surface area contributed by atoms with Crippen LogP contribution in [-0.2, 0) is 0 Å². The molecule has 1 saturated heterocycles. The number of benzene rings is 1. The van der Waals surface area contributed by atoms with Crippen molar-refractivity contribution in [2.45, 2.75) is 19.3 Å². The lowest BCUT2D eigenvalue weighted by atomic mass is 9.94. The molecular weight excluding hydrogens is 350 g/mol. The molecular formula is C19H24ClN5O. The van der Waals surface area contributed by atoms with E-state index < -0.39 is 0 Å². The summed E-state index contributed by atoms with van der Waals surface area (Å²) in [6.45, 7) is 2.75. The van der Waals surface area contributed by atoms with Crippen molar-refractivity contribution in [2.75, 3.05) is 31.6 Å². The van der Waals surface area contributed by atoms with Gasteiger partial charge in [-0.25, -0.2) is 0 Å². The Morgan fingerprint density at radius 2 is 1.96 bits per heavy atom. The zero-order valence-electron chi connectivity index (χ0n) is 14.9. The van der Waals surface area contributed by atoms with E-state index in [0.717, 1.165) is 56.1 Å². The number of hydrogen-bond donors (Lipinski definition) is 1. The second-order valence-corrected chi connectivity index (χ2v) is 6.72. The first kappa shape index (κ1) is 18.5. The van der Waals surface area contributed by atoms with E-state index in [-0.39, 0.29) is 0 Å². The monoisotopic (exact) mass is 373 g/mol. The van der Waals surface area contributed by atoms with Gasteiger partial charge in [0, 0.05) is 20.1 Å². The number of hydrazone groups is 1. The average Bonchev–Trinajstić information content (AvgIpc) is 2.69. The second kappa shape index (κ2) is 9.38. The minimum Gasteiger partial charge on any atom is -0.494 e. The molecule has 0 bridgehead atoms. The molecule has 26 heavy (non-hydrogen) atoms. The van der Waals surface area contributed by atoms with Gasteiger partial charge in [-0.05, 0) is 67.1 Å². The van der Waals surface area contributed by atoms with Crippen LogP contribution in [0.15, 0.2) is 41.5 Å². The Labute approximate surface area is 159 Å². The third-order valence-electron chi connectivity index (χ3n) is 4.57. The second-order valence-electron chi connectivity index (χ2n) is 6.33. The third-order valence-corrected chi connectivity index (χ3v) is 4.78. The number of nitrogens with one attached hydrogen (secondary N) is 1. The first-order chi connectivity index (χ1) is 12.7. The van der Waals surface area contributed by atoms with E-state index in [1.165, 1.54) is 0 Å². The molecule has 2 aromatic rings. The van der Waals surface area contributed by atoms with Gasteiger partial charge in [-0.15, -0.1) is 10.2 Å². The van der Waals surface area contributed by atoms with Crippen LogP contribution in [-0.4, -0.2) is 43.2 Å². The Morgan fingerprint density at radius 3 is 2.62 bits per heavy atom. The maximum atomic E-state index is 5.88. The number of piperidine rings is 1. The van der Waals surface area contributed by atoms with Crippen molar-refractivity contribution in [3.8, 4) is 5.75 Å². The minimum absolute atomic E-state index is 0.433. The summed E-state index contributed by atoms with van der Waals surface area (Å²) in [6, 6.07) is 11.7. The van der Waals surface area contributed by atoms with Crippen molar-refractivity contribution in [3.63, 3.8) is 0 Å². The lowest BCUT2D eigenvalue weighted by Gasteiger charge is -2.32. The SMILES string of the molecule is CN/N=C\c1ccc(OCCC2CCN(c3ccc(Cl)nn3)CC2)cc1. The summed E-state index contributed by atoms with van der Waals surface area (Å²) >= 11 is 5.80. The van der Waals surface area contributed by atoms with Crippen LogP contribution in [0, 0.1) is 5.92 Å². The van der Waals surface area contributed by atoms with Crippen LogP contribution in [0.2, 0.25) is 5.15 Å². The first-order valence-electron chi connectivity index (χ1n) is 8.91. The van der Waals surface area contributed by atoms with Crippen molar-refractivity contribution in [1.29, 1.82) is 0 Å². The normalized spacial score (nSPS) is 15.4. The lowest BCUT2D eigenvalue weighted by molar-refractivity contribution is 0.258. The van der Waals surface area contributed by atoms with E-state index in [1.807, 2.05) is 30.3 Å². The largest absolute Gasteiger partial charge is 0.494 e. The van der Waals surface area contributed by atoms with Gasteiger partial charge >= 0.3 is 0 Å². The predicted molar refractivity (Wildman–Crippen MR) is 105 cm³/mol. The molecule has 0 amide bonds. The molecule has 3 rings (SSSR count). The van der Waals surface area contributed by atoms with Crippen LogP contribution in [0.4, 0.5) is 5.82 Å². The molecule has 6 nitrogen and oxygen atoms in total. The molecule has 0 radical (unpaired) electrons. The van der Waals surface area contributed by atoms with Gasteiger partial charge in [0.25, 0.3) is 0 Å². The quantitative estimate of drug-likeness (QED) is 0.595. The molecule has 138 valence electrons. The summed E-state index contributed by atoms with van der Waals surface area (Å²) in [7, 11) is 1.78. The number of ether oxygens (including phenoxy) is 1. The summed E-state index contributed by atoms with van der Waals surface area (Å²) in [4.78, 5) is 2.27. The molecule has 0 saturated carbocycles. The highest BCUT2D eigenvalue weighted by Crippen LogP contribution is 2.24. The van der Waals surface area contributed by atoms with Gasteiger partial charge in [0.1, 0.15) is 5.75 Å².